The number of halogens is 3. The molecule has 7 heteroatoms. The SMILES string of the molecule is C[C@H](Cc1ccc(C(F)(F)F)cc1)NC(=O)c1ccc(=O)n(C)c1. The summed E-state index contributed by atoms with van der Waals surface area (Å²) >= 11 is 0. The summed E-state index contributed by atoms with van der Waals surface area (Å²) in [7, 11) is 1.55. The summed E-state index contributed by atoms with van der Waals surface area (Å²) in [5.41, 5.74) is 0.116. The number of hydrogen-bond acceptors (Lipinski definition) is 2. The van der Waals surface area contributed by atoms with Crippen molar-refractivity contribution in [2.45, 2.75) is 25.6 Å². The first-order valence-electron chi connectivity index (χ1n) is 7.30. The lowest BCUT2D eigenvalue weighted by Crippen LogP contribution is -2.34. The molecule has 0 aliphatic rings. The Labute approximate surface area is 136 Å². The van der Waals surface area contributed by atoms with Gasteiger partial charge >= 0.3 is 6.18 Å². The first-order chi connectivity index (χ1) is 11.2. The van der Waals surface area contributed by atoms with Crippen LogP contribution < -0.4 is 10.9 Å². The van der Waals surface area contributed by atoms with Crippen molar-refractivity contribution in [3.8, 4) is 0 Å². The van der Waals surface area contributed by atoms with Crippen LogP contribution in [0, 0.1) is 0 Å². The topological polar surface area (TPSA) is 51.1 Å². The Morgan fingerprint density at radius 2 is 1.79 bits per heavy atom. The summed E-state index contributed by atoms with van der Waals surface area (Å²) < 4.78 is 38.9. The van der Waals surface area contributed by atoms with E-state index in [-0.39, 0.29) is 17.5 Å². The number of hydrogen-bond donors (Lipinski definition) is 1. The third-order valence-electron chi connectivity index (χ3n) is 3.55. The van der Waals surface area contributed by atoms with Crippen LogP contribution in [0.4, 0.5) is 13.2 Å². The second-order valence-corrected chi connectivity index (χ2v) is 5.64. The van der Waals surface area contributed by atoms with Gasteiger partial charge in [-0.2, -0.15) is 13.2 Å². The number of aromatic nitrogens is 1. The molecule has 1 aromatic heterocycles. The molecule has 1 N–H and O–H groups in total. The fourth-order valence-corrected chi connectivity index (χ4v) is 2.27. The van der Waals surface area contributed by atoms with Gasteiger partial charge in [0.15, 0.2) is 0 Å². The smallest absolute Gasteiger partial charge is 0.349 e. The molecule has 2 aromatic rings. The molecule has 0 saturated heterocycles. The van der Waals surface area contributed by atoms with E-state index in [4.69, 9.17) is 0 Å². The highest BCUT2D eigenvalue weighted by Gasteiger charge is 2.29. The molecule has 1 amide bonds. The lowest BCUT2D eigenvalue weighted by molar-refractivity contribution is -0.137. The number of pyridine rings is 1. The Kier molecular flexibility index (Phi) is 5.11. The number of carbonyl (C=O) groups is 1. The van der Waals surface area contributed by atoms with E-state index in [0.29, 0.717) is 17.5 Å². The van der Waals surface area contributed by atoms with Crippen molar-refractivity contribution in [1.29, 1.82) is 0 Å². The molecule has 0 bridgehead atoms. The molecule has 24 heavy (non-hydrogen) atoms. The van der Waals surface area contributed by atoms with Gasteiger partial charge in [-0.25, -0.2) is 0 Å². The van der Waals surface area contributed by atoms with E-state index < -0.39 is 11.7 Å². The molecule has 2 rings (SSSR count). The van der Waals surface area contributed by atoms with Gasteiger partial charge in [-0.15, -0.1) is 0 Å². The molecule has 0 unspecified atom stereocenters. The maximum Gasteiger partial charge on any atom is 0.416 e. The van der Waals surface area contributed by atoms with Crippen molar-refractivity contribution in [1.82, 2.24) is 9.88 Å². The molecule has 0 aliphatic carbocycles. The fourth-order valence-electron chi connectivity index (χ4n) is 2.27. The van der Waals surface area contributed by atoms with Crippen LogP contribution >= 0.6 is 0 Å². The predicted molar refractivity (Wildman–Crippen MR) is 83.8 cm³/mol. The molecule has 0 spiro atoms. The molecular weight excluding hydrogens is 321 g/mol. The van der Waals surface area contributed by atoms with Crippen LogP contribution in [0.5, 0.6) is 0 Å². The molecule has 1 atom stereocenters. The van der Waals surface area contributed by atoms with Gasteiger partial charge in [-0.05, 0) is 37.1 Å². The van der Waals surface area contributed by atoms with Crippen LogP contribution in [0.2, 0.25) is 0 Å². The minimum atomic E-state index is -4.36. The van der Waals surface area contributed by atoms with Crippen LogP contribution in [0.15, 0.2) is 47.4 Å². The zero-order chi connectivity index (χ0) is 17.9. The summed E-state index contributed by atoms with van der Waals surface area (Å²) in [5.74, 6) is -0.343. The lowest BCUT2D eigenvalue weighted by atomic mass is 10.0. The van der Waals surface area contributed by atoms with E-state index in [9.17, 15) is 22.8 Å². The maximum absolute atomic E-state index is 12.5. The fraction of sp³-hybridized carbons (Fsp3) is 0.294. The second kappa shape index (κ2) is 6.90. The van der Waals surface area contributed by atoms with Crippen molar-refractivity contribution in [3.05, 3.63) is 69.6 Å². The Morgan fingerprint density at radius 3 is 2.33 bits per heavy atom. The Morgan fingerprint density at radius 1 is 1.17 bits per heavy atom. The monoisotopic (exact) mass is 338 g/mol. The standard InChI is InChI=1S/C17H17F3N2O2/c1-11(9-12-3-6-14(7-4-12)17(18,19)20)21-16(24)13-5-8-15(23)22(2)10-13/h3-8,10-11H,9H2,1-2H3,(H,21,24)/t11-/m1/s1. The maximum atomic E-state index is 12.5. The van der Waals surface area contributed by atoms with E-state index in [1.807, 2.05) is 0 Å². The van der Waals surface area contributed by atoms with E-state index in [1.54, 1.807) is 14.0 Å². The zero-order valence-corrected chi connectivity index (χ0v) is 13.2. The van der Waals surface area contributed by atoms with Crippen LogP contribution in [-0.4, -0.2) is 16.5 Å². The second-order valence-electron chi connectivity index (χ2n) is 5.64. The number of carbonyl (C=O) groups excluding carboxylic acids is 1. The molecule has 4 nitrogen and oxygen atoms in total. The molecular formula is C17H17F3N2O2. The largest absolute Gasteiger partial charge is 0.416 e. The third kappa shape index (κ3) is 4.47. The van der Waals surface area contributed by atoms with Crippen molar-refractivity contribution < 1.29 is 18.0 Å². The lowest BCUT2D eigenvalue weighted by Gasteiger charge is -2.15. The van der Waals surface area contributed by atoms with Gasteiger partial charge in [-0.3, -0.25) is 9.59 Å². The van der Waals surface area contributed by atoms with Gasteiger partial charge in [0.2, 0.25) is 5.56 Å². The average Bonchev–Trinajstić information content (AvgIpc) is 2.49. The van der Waals surface area contributed by atoms with Gasteiger partial charge in [0.1, 0.15) is 0 Å². The number of aryl methyl sites for hydroxylation is 1. The number of alkyl halides is 3. The summed E-state index contributed by atoms with van der Waals surface area (Å²) in [4.78, 5) is 23.4. The van der Waals surface area contributed by atoms with E-state index in [1.165, 1.54) is 35.0 Å². The number of rotatable bonds is 4. The van der Waals surface area contributed by atoms with Crippen molar-refractivity contribution in [2.24, 2.45) is 7.05 Å². The van der Waals surface area contributed by atoms with Gasteiger partial charge in [0, 0.05) is 25.4 Å². The zero-order valence-electron chi connectivity index (χ0n) is 13.2. The summed E-state index contributed by atoms with van der Waals surface area (Å²) in [6.45, 7) is 1.76. The first-order valence-corrected chi connectivity index (χ1v) is 7.30. The third-order valence-corrected chi connectivity index (χ3v) is 3.55. The number of benzene rings is 1. The highest BCUT2D eigenvalue weighted by molar-refractivity contribution is 5.94. The highest BCUT2D eigenvalue weighted by Crippen LogP contribution is 2.29. The predicted octanol–water partition coefficient (Wildman–Crippen LogP) is 2.77. The van der Waals surface area contributed by atoms with Crippen LogP contribution in [0.3, 0.4) is 0 Å². The minimum absolute atomic E-state index is 0.218. The first kappa shape index (κ1) is 17.8. The number of nitrogens with one attached hydrogen (secondary N) is 1. The van der Waals surface area contributed by atoms with Crippen molar-refractivity contribution in [2.75, 3.05) is 0 Å². The number of amides is 1. The molecule has 0 radical (unpaired) electrons. The molecule has 0 saturated carbocycles. The van der Waals surface area contributed by atoms with Gasteiger partial charge < -0.3 is 9.88 Å². The van der Waals surface area contributed by atoms with Crippen molar-refractivity contribution >= 4 is 5.91 Å². The van der Waals surface area contributed by atoms with Gasteiger partial charge in [0.25, 0.3) is 5.91 Å². The molecule has 1 heterocycles. The summed E-state index contributed by atoms with van der Waals surface area (Å²) in [6.07, 6.45) is -2.53. The van der Waals surface area contributed by atoms with Crippen LogP contribution in [0.1, 0.15) is 28.4 Å². The van der Waals surface area contributed by atoms with Gasteiger partial charge in [0.05, 0.1) is 11.1 Å². The van der Waals surface area contributed by atoms with Crippen LogP contribution in [-0.2, 0) is 19.6 Å². The van der Waals surface area contributed by atoms with Crippen LogP contribution in [0.25, 0.3) is 0 Å². The van der Waals surface area contributed by atoms with E-state index >= 15 is 0 Å². The Balaban J connectivity index is 1.99. The molecule has 0 aliphatic heterocycles. The highest BCUT2D eigenvalue weighted by atomic mass is 19.4. The van der Waals surface area contributed by atoms with E-state index in [2.05, 4.69) is 5.32 Å². The van der Waals surface area contributed by atoms with E-state index in [0.717, 1.165) is 12.1 Å². The number of nitrogens with zero attached hydrogens (tertiary/aromatic N) is 1. The van der Waals surface area contributed by atoms with Crippen molar-refractivity contribution in [3.63, 3.8) is 0 Å². The Bertz CT molecular complexity index is 780. The molecule has 128 valence electrons. The molecule has 1 aromatic carbocycles. The van der Waals surface area contributed by atoms with Gasteiger partial charge in [-0.1, -0.05) is 12.1 Å². The summed E-state index contributed by atoms with van der Waals surface area (Å²) in [5, 5.41) is 2.76. The minimum Gasteiger partial charge on any atom is -0.349 e. The Hall–Kier alpha value is -2.57. The normalized spacial score (nSPS) is 12.7. The summed E-state index contributed by atoms with van der Waals surface area (Å²) in [6, 6.07) is 7.31. The molecule has 0 fully saturated rings. The average molecular weight is 338 g/mol. The quantitative estimate of drug-likeness (QED) is 0.932.